The van der Waals surface area contributed by atoms with E-state index in [4.69, 9.17) is 21.1 Å². The van der Waals surface area contributed by atoms with Gasteiger partial charge in [-0.25, -0.2) is 4.39 Å². The molecule has 1 amide bonds. The van der Waals surface area contributed by atoms with Crippen LogP contribution in [0.4, 0.5) is 4.39 Å². The van der Waals surface area contributed by atoms with Crippen molar-refractivity contribution in [3.05, 3.63) is 68.8 Å². The number of halogens is 2. The molecule has 1 heterocycles. The highest BCUT2D eigenvalue weighted by Crippen LogP contribution is 2.27. The smallest absolute Gasteiger partial charge is 0.273 e. The molecule has 0 aliphatic heterocycles. The number of carbonyl (C=O) groups excluding carboxylic acids is 1. The lowest BCUT2D eigenvalue weighted by Gasteiger charge is -2.10. The Bertz CT molecular complexity index is 1170. The number of ether oxygens (including phenoxy) is 2. The van der Waals surface area contributed by atoms with Gasteiger partial charge in [-0.05, 0) is 42.3 Å². The Balaban J connectivity index is 1.51. The van der Waals surface area contributed by atoms with Crippen LogP contribution in [0.5, 0.6) is 11.5 Å². The van der Waals surface area contributed by atoms with E-state index in [1.807, 2.05) is 18.2 Å². The number of H-pyrrole nitrogens is 1. The number of rotatable bonds is 9. The number of hydrogen-bond acceptors (Lipinski definition) is 6. The summed E-state index contributed by atoms with van der Waals surface area (Å²) in [6.45, 7) is 0.431. The molecule has 0 saturated heterocycles. The Kier molecular flexibility index (Phi) is 7.77. The van der Waals surface area contributed by atoms with Gasteiger partial charge < -0.3 is 19.8 Å². The van der Waals surface area contributed by atoms with E-state index in [0.29, 0.717) is 30.0 Å². The largest absolute Gasteiger partial charge is 0.493 e. The summed E-state index contributed by atoms with van der Waals surface area (Å²) in [5, 5.41) is 10.6. The quantitative estimate of drug-likeness (QED) is 0.508. The Hall–Kier alpha value is -3.46. The second-order valence-electron chi connectivity index (χ2n) is 6.87. The van der Waals surface area contributed by atoms with Gasteiger partial charge in [0.25, 0.3) is 5.56 Å². The van der Waals surface area contributed by atoms with Gasteiger partial charge in [0, 0.05) is 24.9 Å². The highest BCUT2D eigenvalue weighted by atomic mass is 35.5. The summed E-state index contributed by atoms with van der Waals surface area (Å²) in [5.74, 6) is 0.654. The number of nitrogens with one attached hydrogen (secondary N) is 2. The van der Waals surface area contributed by atoms with Crippen LogP contribution in [0.2, 0.25) is 5.02 Å². The van der Waals surface area contributed by atoms with Gasteiger partial charge in [0.2, 0.25) is 5.91 Å². The van der Waals surface area contributed by atoms with Gasteiger partial charge in [0.1, 0.15) is 11.5 Å². The zero-order valence-electron chi connectivity index (χ0n) is 17.6. The number of aryl methyl sites for hydroxylation is 1. The first-order valence-electron chi connectivity index (χ1n) is 9.80. The van der Waals surface area contributed by atoms with Crippen molar-refractivity contribution in [3.63, 3.8) is 0 Å². The van der Waals surface area contributed by atoms with E-state index in [1.165, 1.54) is 18.2 Å². The van der Waals surface area contributed by atoms with Crippen molar-refractivity contribution in [2.75, 3.05) is 20.8 Å². The molecular formula is C22H22ClFN4O4. The maximum Gasteiger partial charge on any atom is 0.273 e. The summed E-state index contributed by atoms with van der Waals surface area (Å²) in [6.07, 6.45) is 0.835. The molecule has 168 valence electrons. The Morgan fingerprint density at radius 1 is 1.09 bits per heavy atom. The molecule has 0 aliphatic rings. The van der Waals surface area contributed by atoms with Crippen molar-refractivity contribution in [1.82, 2.24) is 20.5 Å². The number of hydrogen-bond donors (Lipinski definition) is 2. The number of carbonyl (C=O) groups is 1. The van der Waals surface area contributed by atoms with Crippen LogP contribution < -0.4 is 20.3 Å². The molecule has 0 fully saturated rings. The van der Waals surface area contributed by atoms with Crippen LogP contribution in [-0.2, 0) is 17.6 Å². The van der Waals surface area contributed by atoms with Gasteiger partial charge in [-0.3, -0.25) is 9.59 Å². The average molecular weight is 461 g/mol. The molecule has 0 radical (unpaired) electrons. The molecule has 32 heavy (non-hydrogen) atoms. The predicted molar refractivity (Wildman–Crippen MR) is 118 cm³/mol. The van der Waals surface area contributed by atoms with Gasteiger partial charge in [0.05, 0.1) is 19.2 Å². The first kappa shape index (κ1) is 23.2. The number of aromatic nitrogens is 3. The van der Waals surface area contributed by atoms with E-state index in [0.717, 1.165) is 5.56 Å². The number of nitrogens with zero attached hydrogens (tertiary/aromatic N) is 2. The molecular weight excluding hydrogens is 439 g/mol. The van der Waals surface area contributed by atoms with Crippen LogP contribution in [0, 0.1) is 5.82 Å². The standard InChI is InChI=1S/C22H22ClFN4O4/c1-31-18-7-3-13(11-19(18)32-2)9-10-25-20(29)8-6-17-22(30)26-21(28-27-17)14-4-5-16(24)15(23)12-14/h3-5,7,11-12H,6,8-10H2,1-2H3,(H,25,29)(H,26,28,30). The van der Waals surface area contributed by atoms with Gasteiger partial charge in [-0.15, -0.1) is 10.2 Å². The Morgan fingerprint density at radius 2 is 1.88 bits per heavy atom. The molecule has 3 rings (SSSR count). The fourth-order valence-corrected chi connectivity index (χ4v) is 3.18. The first-order valence-corrected chi connectivity index (χ1v) is 10.2. The maximum atomic E-state index is 13.3. The van der Waals surface area contributed by atoms with Crippen LogP contribution in [0.1, 0.15) is 17.7 Å². The fourth-order valence-electron chi connectivity index (χ4n) is 3.00. The summed E-state index contributed by atoms with van der Waals surface area (Å²) in [6, 6.07) is 9.53. The molecule has 2 N–H and O–H groups in total. The summed E-state index contributed by atoms with van der Waals surface area (Å²) >= 11 is 5.76. The zero-order chi connectivity index (χ0) is 23.1. The molecule has 2 aromatic carbocycles. The van der Waals surface area contributed by atoms with Crippen LogP contribution in [0.3, 0.4) is 0 Å². The zero-order valence-corrected chi connectivity index (χ0v) is 18.3. The van der Waals surface area contributed by atoms with Crippen LogP contribution in [0.15, 0.2) is 41.2 Å². The monoisotopic (exact) mass is 460 g/mol. The van der Waals surface area contributed by atoms with Crippen molar-refractivity contribution in [2.45, 2.75) is 19.3 Å². The van der Waals surface area contributed by atoms with Crippen LogP contribution in [0.25, 0.3) is 11.4 Å². The van der Waals surface area contributed by atoms with Gasteiger partial charge in [-0.1, -0.05) is 17.7 Å². The van der Waals surface area contributed by atoms with Crippen molar-refractivity contribution in [3.8, 4) is 22.9 Å². The number of aromatic amines is 1. The highest BCUT2D eigenvalue weighted by Gasteiger charge is 2.11. The van der Waals surface area contributed by atoms with Gasteiger partial charge in [-0.2, -0.15) is 0 Å². The molecule has 0 unspecified atom stereocenters. The van der Waals surface area contributed by atoms with E-state index in [-0.39, 0.29) is 35.3 Å². The molecule has 0 atom stereocenters. The van der Waals surface area contributed by atoms with Crippen molar-refractivity contribution in [2.24, 2.45) is 0 Å². The molecule has 0 aliphatic carbocycles. The van der Waals surface area contributed by atoms with Crippen molar-refractivity contribution >= 4 is 17.5 Å². The van der Waals surface area contributed by atoms with Crippen LogP contribution in [-0.4, -0.2) is 41.9 Å². The van der Waals surface area contributed by atoms with Crippen LogP contribution >= 0.6 is 11.6 Å². The number of methoxy groups -OCH3 is 2. The second-order valence-corrected chi connectivity index (χ2v) is 7.27. The first-order chi connectivity index (χ1) is 15.4. The third kappa shape index (κ3) is 5.82. The second kappa shape index (κ2) is 10.7. The fraction of sp³-hybridized carbons (Fsp3) is 0.273. The Labute approximate surface area is 188 Å². The van der Waals surface area contributed by atoms with E-state index >= 15 is 0 Å². The summed E-state index contributed by atoms with van der Waals surface area (Å²) in [5.41, 5.74) is 1.09. The lowest BCUT2D eigenvalue weighted by atomic mass is 10.1. The molecule has 0 bridgehead atoms. The Morgan fingerprint density at radius 3 is 2.56 bits per heavy atom. The third-order valence-corrected chi connectivity index (χ3v) is 5.02. The SMILES string of the molecule is COc1ccc(CCNC(=O)CCc2nnc(-c3ccc(F)c(Cl)c3)[nH]c2=O)cc1OC. The molecule has 3 aromatic rings. The maximum absolute atomic E-state index is 13.3. The van der Waals surface area contributed by atoms with Crippen molar-refractivity contribution < 1.29 is 18.7 Å². The average Bonchev–Trinajstić information content (AvgIpc) is 2.79. The minimum Gasteiger partial charge on any atom is -0.493 e. The third-order valence-electron chi connectivity index (χ3n) is 4.73. The molecule has 1 aromatic heterocycles. The van der Waals surface area contributed by atoms with Gasteiger partial charge >= 0.3 is 0 Å². The summed E-state index contributed by atoms with van der Waals surface area (Å²) in [4.78, 5) is 27.0. The van der Waals surface area contributed by atoms with E-state index < -0.39 is 11.4 Å². The number of benzene rings is 2. The molecule has 0 saturated carbocycles. The number of amides is 1. The van der Waals surface area contributed by atoms with E-state index in [2.05, 4.69) is 20.5 Å². The van der Waals surface area contributed by atoms with Crippen molar-refractivity contribution in [1.29, 1.82) is 0 Å². The molecule has 10 heteroatoms. The summed E-state index contributed by atoms with van der Waals surface area (Å²) < 4.78 is 23.8. The highest BCUT2D eigenvalue weighted by molar-refractivity contribution is 6.31. The minimum absolute atomic E-state index is 0.0843. The molecule has 8 nitrogen and oxygen atoms in total. The van der Waals surface area contributed by atoms with E-state index in [9.17, 15) is 14.0 Å². The minimum atomic E-state index is -0.570. The van der Waals surface area contributed by atoms with Gasteiger partial charge in [0.15, 0.2) is 17.3 Å². The summed E-state index contributed by atoms with van der Waals surface area (Å²) in [7, 11) is 3.13. The lowest BCUT2D eigenvalue weighted by molar-refractivity contribution is -0.121. The van der Waals surface area contributed by atoms with E-state index in [1.54, 1.807) is 14.2 Å². The normalized spacial score (nSPS) is 10.6. The molecule has 0 spiro atoms. The lowest BCUT2D eigenvalue weighted by Crippen LogP contribution is -2.27. The predicted octanol–water partition coefficient (Wildman–Crippen LogP) is 2.93. The topological polar surface area (TPSA) is 106 Å².